The number of ether oxygens (including phenoxy) is 1. The number of rotatable bonds is 3. The Morgan fingerprint density at radius 2 is 2.35 bits per heavy atom. The molecule has 1 amide bonds. The van der Waals surface area contributed by atoms with E-state index in [0.29, 0.717) is 6.42 Å². The molecule has 1 aliphatic heterocycles. The minimum Gasteiger partial charge on any atom is -0.480 e. The number of furan rings is 1. The van der Waals surface area contributed by atoms with Gasteiger partial charge >= 0.3 is 5.97 Å². The van der Waals surface area contributed by atoms with Crippen LogP contribution in [0.4, 0.5) is 0 Å². The monoisotopic (exact) mass is 239 g/mol. The summed E-state index contributed by atoms with van der Waals surface area (Å²) in [4.78, 5) is 24.3. The van der Waals surface area contributed by atoms with E-state index in [1.165, 1.54) is 24.3 Å². The van der Waals surface area contributed by atoms with E-state index in [9.17, 15) is 9.59 Å². The van der Waals surface area contributed by atoms with E-state index in [2.05, 4.69) is 0 Å². The van der Waals surface area contributed by atoms with Crippen LogP contribution in [0.3, 0.4) is 0 Å². The average Bonchev–Trinajstić information content (AvgIpc) is 2.97. The Morgan fingerprint density at radius 1 is 1.59 bits per heavy atom. The van der Waals surface area contributed by atoms with E-state index >= 15 is 0 Å². The molecule has 6 nitrogen and oxygen atoms in total. The molecule has 1 aromatic rings. The average molecular weight is 239 g/mol. The first-order valence-electron chi connectivity index (χ1n) is 5.23. The van der Waals surface area contributed by atoms with Gasteiger partial charge in [0.15, 0.2) is 5.76 Å². The summed E-state index contributed by atoms with van der Waals surface area (Å²) in [7, 11) is 1.50. The van der Waals surface area contributed by atoms with E-state index in [4.69, 9.17) is 14.3 Å². The van der Waals surface area contributed by atoms with Gasteiger partial charge in [-0.3, -0.25) is 4.79 Å². The lowest BCUT2D eigenvalue weighted by molar-refractivity contribution is -0.141. The number of hydrogen-bond acceptors (Lipinski definition) is 4. The largest absolute Gasteiger partial charge is 0.480 e. The van der Waals surface area contributed by atoms with Crippen LogP contribution in [-0.4, -0.2) is 47.7 Å². The third kappa shape index (κ3) is 2.16. The standard InChI is InChI=1S/C11H13NO5/c1-16-7-5-8(11(14)15)12(6-7)10(13)9-3-2-4-17-9/h2-4,7-8H,5-6H2,1H3,(H,14,15). The Kier molecular flexibility index (Phi) is 3.14. The molecule has 2 rings (SSSR count). The van der Waals surface area contributed by atoms with E-state index in [1.807, 2.05) is 0 Å². The number of amides is 1. The topological polar surface area (TPSA) is 80.0 Å². The van der Waals surface area contributed by atoms with E-state index in [0.717, 1.165) is 0 Å². The molecule has 1 fully saturated rings. The summed E-state index contributed by atoms with van der Waals surface area (Å²) < 4.78 is 10.1. The van der Waals surface area contributed by atoms with Crippen LogP contribution < -0.4 is 0 Å². The number of hydrogen-bond donors (Lipinski definition) is 1. The van der Waals surface area contributed by atoms with Gasteiger partial charge in [-0.1, -0.05) is 0 Å². The minimum absolute atomic E-state index is 0.146. The van der Waals surface area contributed by atoms with Crippen LogP contribution in [0.1, 0.15) is 17.0 Å². The van der Waals surface area contributed by atoms with Gasteiger partial charge in [-0.25, -0.2) is 4.79 Å². The molecule has 17 heavy (non-hydrogen) atoms. The Hall–Kier alpha value is -1.82. The Balaban J connectivity index is 2.18. The van der Waals surface area contributed by atoms with Crippen LogP contribution in [0.15, 0.2) is 22.8 Å². The third-order valence-electron chi connectivity index (χ3n) is 2.87. The number of carbonyl (C=O) groups excluding carboxylic acids is 1. The van der Waals surface area contributed by atoms with Gasteiger partial charge in [0.25, 0.3) is 5.91 Å². The molecule has 0 spiro atoms. The second kappa shape index (κ2) is 4.58. The predicted molar refractivity (Wildman–Crippen MR) is 56.6 cm³/mol. The van der Waals surface area contributed by atoms with Gasteiger partial charge in [0.1, 0.15) is 6.04 Å². The zero-order chi connectivity index (χ0) is 12.4. The van der Waals surface area contributed by atoms with Crippen LogP contribution in [0.2, 0.25) is 0 Å². The Bertz CT molecular complexity index is 414. The molecule has 0 aromatic carbocycles. The molecule has 2 heterocycles. The molecule has 1 N–H and O–H groups in total. The van der Waals surface area contributed by atoms with Crippen molar-refractivity contribution in [3.05, 3.63) is 24.2 Å². The molecular formula is C11H13NO5. The highest BCUT2D eigenvalue weighted by atomic mass is 16.5. The van der Waals surface area contributed by atoms with Crippen molar-refractivity contribution in [2.75, 3.05) is 13.7 Å². The van der Waals surface area contributed by atoms with E-state index in [1.54, 1.807) is 6.07 Å². The summed E-state index contributed by atoms with van der Waals surface area (Å²) in [5, 5.41) is 9.06. The number of carboxylic acid groups (broad SMARTS) is 1. The van der Waals surface area contributed by atoms with Crippen molar-refractivity contribution in [1.29, 1.82) is 0 Å². The first kappa shape index (κ1) is 11.7. The molecular weight excluding hydrogens is 226 g/mol. The summed E-state index contributed by atoms with van der Waals surface area (Å²) >= 11 is 0. The van der Waals surface area contributed by atoms with Crippen LogP contribution in [0, 0.1) is 0 Å². The Labute approximate surface area is 97.8 Å². The highest BCUT2D eigenvalue weighted by Gasteiger charge is 2.40. The number of carboxylic acids is 1. The summed E-state index contributed by atoms with van der Waals surface area (Å²) in [6.07, 6.45) is 1.44. The smallest absolute Gasteiger partial charge is 0.326 e. The number of aliphatic carboxylic acids is 1. The van der Waals surface area contributed by atoms with Crippen LogP contribution >= 0.6 is 0 Å². The maximum atomic E-state index is 12.0. The molecule has 0 radical (unpaired) electrons. The van der Waals surface area contributed by atoms with Gasteiger partial charge in [-0.15, -0.1) is 0 Å². The maximum absolute atomic E-state index is 12.0. The van der Waals surface area contributed by atoms with Crippen molar-refractivity contribution in [3.8, 4) is 0 Å². The molecule has 0 bridgehead atoms. The predicted octanol–water partition coefficient (Wildman–Crippen LogP) is 0.594. The van der Waals surface area contributed by atoms with Crippen molar-refractivity contribution in [3.63, 3.8) is 0 Å². The molecule has 2 unspecified atom stereocenters. The third-order valence-corrected chi connectivity index (χ3v) is 2.87. The molecule has 0 saturated carbocycles. The Morgan fingerprint density at radius 3 is 2.88 bits per heavy atom. The number of nitrogens with zero attached hydrogens (tertiary/aromatic N) is 1. The highest BCUT2D eigenvalue weighted by Crippen LogP contribution is 2.22. The summed E-state index contributed by atoms with van der Waals surface area (Å²) in [5.41, 5.74) is 0. The van der Waals surface area contributed by atoms with Crippen LogP contribution in [0.5, 0.6) is 0 Å². The van der Waals surface area contributed by atoms with Gasteiger partial charge in [-0.05, 0) is 12.1 Å². The second-order valence-electron chi connectivity index (χ2n) is 3.88. The normalized spacial score (nSPS) is 23.9. The minimum atomic E-state index is -1.02. The quantitative estimate of drug-likeness (QED) is 0.835. The zero-order valence-corrected chi connectivity index (χ0v) is 9.33. The van der Waals surface area contributed by atoms with Gasteiger partial charge < -0.3 is 19.2 Å². The zero-order valence-electron chi connectivity index (χ0n) is 9.33. The van der Waals surface area contributed by atoms with Crippen molar-refractivity contribution in [1.82, 2.24) is 4.90 Å². The first-order valence-corrected chi connectivity index (χ1v) is 5.23. The van der Waals surface area contributed by atoms with E-state index < -0.39 is 17.9 Å². The second-order valence-corrected chi connectivity index (χ2v) is 3.88. The molecule has 1 aromatic heterocycles. The number of likely N-dealkylation sites (tertiary alicyclic amines) is 1. The fourth-order valence-corrected chi connectivity index (χ4v) is 1.97. The van der Waals surface area contributed by atoms with Crippen LogP contribution in [-0.2, 0) is 9.53 Å². The molecule has 2 atom stereocenters. The fourth-order valence-electron chi connectivity index (χ4n) is 1.97. The molecule has 1 aliphatic rings. The van der Waals surface area contributed by atoms with Crippen molar-refractivity contribution >= 4 is 11.9 Å². The molecule has 6 heteroatoms. The summed E-state index contributed by atoms with van der Waals surface area (Å²) in [6, 6.07) is 2.26. The van der Waals surface area contributed by atoms with E-state index in [-0.39, 0.29) is 18.4 Å². The number of carbonyl (C=O) groups is 2. The van der Waals surface area contributed by atoms with Gasteiger partial charge in [0.2, 0.25) is 0 Å². The summed E-state index contributed by atoms with van der Waals surface area (Å²) in [5.74, 6) is -1.29. The lowest BCUT2D eigenvalue weighted by Crippen LogP contribution is -2.40. The highest BCUT2D eigenvalue weighted by molar-refractivity contribution is 5.94. The van der Waals surface area contributed by atoms with Crippen molar-refractivity contribution in [2.45, 2.75) is 18.6 Å². The van der Waals surface area contributed by atoms with Gasteiger partial charge in [-0.2, -0.15) is 0 Å². The van der Waals surface area contributed by atoms with Crippen LogP contribution in [0.25, 0.3) is 0 Å². The molecule has 92 valence electrons. The summed E-state index contributed by atoms with van der Waals surface area (Å²) in [6.45, 7) is 0.271. The molecule has 1 saturated heterocycles. The van der Waals surface area contributed by atoms with Gasteiger partial charge in [0, 0.05) is 20.1 Å². The number of methoxy groups -OCH3 is 1. The SMILES string of the molecule is COC1CC(C(=O)O)N(C(=O)c2ccco2)C1. The van der Waals surface area contributed by atoms with Crippen molar-refractivity contribution in [2.24, 2.45) is 0 Å². The van der Waals surface area contributed by atoms with Crippen molar-refractivity contribution < 1.29 is 23.8 Å². The lowest BCUT2D eigenvalue weighted by atomic mass is 10.2. The lowest BCUT2D eigenvalue weighted by Gasteiger charge is -2.19. The maximum Gasteiger partial charge on any atom is 0.326 e. The molecule has 0 aliphatic carbocycles. The van der Waals surface area contributed by atoms with Gasteiger partial charge in [0.05, 0.1) is 12.4 Å². The first-order chi connectivity index (χ1) is 8.13. The fraction of sp³-hybridized carbons (Fsp3) is 0.455.